The summed E-state index contributed by atoms with van der Waals surface area (Å²) < 4.78 is 0. The Kier molecular flexibility index (Phi) is 14.5. The van der Waals surface area contributed by atoms with E-state index in [1.165, 1.54) is 39.0 Å². The minimum Gasteiger partial charge on any atom is -0.481 e. The number of carboxylic acids is 4. The number of rotatable bonds is 29. The molecule has 6 rings (SSSR count). The number of benzene rings is 1. The first-order valence-corrected chi connectivity index (χ1v) is 23.9. The molecule has 4 N–H and O–H groups in total. The van der Waals surface area contributed by atoms with Crippen molar-refractivity contribution in [3.8, 4) is 0 Å². The lowest BCUT2D eigenvalue weighted by molar-refractivity contribution is -0.145. The summed E-state index contributed by atoms with van der Waals surface area (Å²) in [6, 6.07) is 6.63. The van der Waals surface area contributed by atoms with Gasteiger partial charge in [-0.3, -0.25) is 19.2 Å². The van der Waals surface area contributed by atoms with Gasteiger partial charge in [0.2, 0.25) is 0 Å². The molecule has 8 heteroatoms. The van der Waals surface area contributed by atoms with Crippen LogP contribution in [0.25, 0.3) is 0 Å². The molecule has 4 saturated carbocycles. The molecule has 0 radical (unpaired) electrons. The highest BCUT2D eigenvalue weighted by Gasteiger charge is 2.61. The number of aliphatic carboxylic acids is 4. The van der Waals surface area contributed by atoms with E-state index in [2.05, 4.69) is 45.9 Å². The predicted octanol–water partition coefficient (Wildman–Crippen LogP) is 12.8. The van der Waals surface area contributed by atoms with Crippen LogP contribution >= 0.6 is 0 Å². The van der Waals surface area contributed by atoms with Crippen LogP contribution in [0, 0.1) is 39.9 Å². The molecule has 0 spiro atoms. The summed E-state index contributed by atoms with van der Waals surface area (Å²) in [5.74, 6) is -2.44. The normalized spacial score (nSPS) is 25.6. The first-order chi connectivity index (χ1) is 28.5. The fourth-order valence-corrected chi connectivity index (χ4v) is 11.6. The molecular weight excluding hydrogens is 753 g/mol. The van der Waals surface area contributed by atoms with E-state index in [1.54, 1.807) is 0 Å². The van der Waals surface area contributed by atoms with Gasteiger partial charge >= 0.3 is 23.9 Å². The van der Waals surface area contributed by atoms with Gasteiger partial charge in [0.1, 0.15) is 0 Å². The average Bonchev–Trinajstić information content (AvgIpc) is 4.00. The Balaban J connectivity index is 1.03. The van der Waals surface area contributed by atoms with Gasteiger partial charge in [-0.25, -0.2) is 0 Å². The van der Waals surface area contributed by atoms with Crippen LogP contribution in [0.2, 0.25) is 0 Å². The van der Waals surface area contributed by atoms with Gasteiger partial charge in [0, 0.05) is 0 Å². The predicted molar refractivity (Wildman–Crippen MR) is 236 cm³/mol. The van der Waals surface area contributed by atoms with Gasteiger partial charge in [-0.2, -0.15) is 0 Å². The molecule has 0 aliphatic heterocycles. The number of allylic oxidation sites excluding steroid dienone is 4. The van der Waals surface area contributed by atoms with E-state index in [4.69, 9.17) is 0 Å². The van der Waals surface area contributed by atoms with E-state index in [-0.39, 0.29) is 11.3 Å². The molecule has 3 atom stereocenters. The molecule has 0 aromatic heterocycles. The first-order valence-electron chi connectivity index (χ1n) is 23.9. The summed E-state index contributed by atoms with van der Waals surface area (Å²) in [4.78, 5) is 48.3. The average molecular weight is 829 g/mol. The van der Waals surface area contributed by atoms with Gasteiger partial charge in [0.25, 0.3) is 0 Å². The minimum absolute atomic E-state index is 0.136. The Morgan fingerprint density at radius 2 is 1.07 bits per heavy atom. The molecule has 0 heterocycles. The zero-order chi connectivity index (χ0) is 43.3. The summed E-state index contributed by atoms with van der Waals surface area (Å²) in [5.41, 5.74) is 7.53. The summed E-state index contributed by atoms with van der Waals surface area (Å²) in [7, 11) is 0. The van der Waals surface area contributed by atoms with Crippen molar-refractivity contribution in [2.45, 2.75) is 207 Å². The van der Waals surface area contributed by atoms with Crippen molar-refractivity contribution in [1.29, 1.82) is 0 Å². The van der Waals surface area contributed by atoms with Crippen molar-refractivity contribution in [3.05, 3.63) is 57.2 Å². The second-order valence-corrected chi connectivity index (χ2v) is 21.0. The zero-order valence-electron chi connectivity index (χ0n) is 37.5. The Hall–Kier alpha value is -3.42. The van der Waals surface area contributed by atoms with Gasteiger partial charge in [0.05, 0.1) is 21.7 Å². The van der Waals surface area contributed by atoms with E-state index in [1.807, 2.05) is 0 Å². The highest BCUT2D eigenvalue weighted by molar-refractivity contribution is 5.79. The van der Waals surface area contributed by atoms with Gasteiger partial charge < -0.3 is 20.4 Å². The van der Waals surface area contributed by atoms with E-state index < -0.39 is 45.5 Å². The third kappa shape index (κ3) is 10.6. The quantitative estimate of drug-likeness (QED) is 0.0583. The number of unbranched alkanes of at least 4 members (excludes halogenated alkanes) is 7. The second-order valence-electron chi connectivity index (χ2n) is 21.0. The van der Waals surface area contributed by atoms with Crippen LogP contribution in [-0.2, 0) is 32.0 Å². The lowest BCUT2D eigenvalue weighted by Gasteiger charge is -2.41. The lowest BCUT2D eigenvalue weighted by Crippen LogP contribution is -2.29. The van der Waals surface area contributed by atoms with Crippen LogP contribution in [0.4, 0.5) is 0 Å². The van der Waals surface area contributed by atoms with Crippen molar-refractivity contribution in [3.63, 3.8) is 0 Å². The highest BCUT2D eigenvalue weighted by Crippen LogP contribution is 2.64. The van der Waals surface area contributed by atoms with Gasteiger partial charge in [-0.1, -0.05) is 81.2 Å². The maximum absolute atomic E-state index is 13.1. The zero-order valence-corrected chi connectivity index (χ0v) is 37.5. The van der Waals surface area contributed by atoms with Crippen LogP contribution in [0.3, 0.4) is 0 Å². The summed E-state index contributed by atoms with van der Waals surface area (Å²) in [6.07, 6.45) is 25.1. The fourth-order valence-electron chi connectivity index (χ4n) is 11.6. The van der Waals surface area contributed by atoms with Crippen LogP contribution < -0.4 is 0 Å². The van der Waals surface area contributed by atoms with E-state index >= 15 is 0 Å². The summed E-state index contributed by atoms with van der Waals surface area (Å²) >= 11 is 0. The molecule has 1 aromatic carbocycles. The van der Waals surface area contributed by atoms with Gasteiger partial charge in [-0.05, 0) is 195 Å². The Morgan fingerprint density at radius 1 is 0.583 bits per heavy atom. The molecule has 8 nitrogen and oxygen atoms in total. The number of aryl methyl sites for hydroxylation is 2. The standard InChI is InChI=1S/C52H76O8/c1-36-17-16-19-39(18-8-5-6-12-23-49(27-28-49)44(53)54)41(36)20-9-7-13-26-52(47(59)60)35-40(52)34-48(4)33-37(2)38(3)42(21-10-14-24-50(29-30-50)45(55)56)43(48)22-11-15-25-51(31-32-51)46(57)58/h16-17,19,40H,5-15,18,20-35H2,1-4H3,(H,53,54)(H,55,56)(H,57,58)(H,59,60). The van der Waals surface area contributed by atoms with E-state index in [0.717, 1.165) is 180 Å². The number of carbonyl (C=O) groups is 4. The Morgan fingerprint density at radius 3 is 1.62 bits per heavy atom. The summed E-state index contributed by atoms with van der Waals surface area (Å²) in [5, 5.41) is 39.7. The summed E-state index contributed by atoms with van der Waals surface area (Å²) in [6.45, 7) is 9.05. The van der Waals surface area contributed by atoms with Crippen LogP contribution in [0.15, 0.2) is 40.5 Å². The maximum atomic E-state index is 13.1. The van der Waals surface area contributed by atoms with Crippen LogP contribution in [0.5, 0.6) is 0 Å². The third-order valence-corrected chi connectivity index (χ3v) is 16.7. The molecule has 0 amide bonds. The molecule has 60 heavy (non-hydrogen) atoms. The fraction of sp³-hybridized carbons (Fsp3) is 0.731. The molecule has 332 valence electrons. The van der Waals surface area contributed by atoms with E-state index in [9.17, 15) is 39.6 Å². The smallest absolute Gasteiger partial charge is 0.309 e. The van der Waals surface area contributed by atoms with Gasteiger partial charge in [0.15, 0.2) is 0 Å². The van der Waals surface area contributed by atoms with Gasteiger partial charge in [-0.15, -0.1) is 0 Å². The lowest BCUT2D eigenvalue weighted by atomic mass is 9.64. The topological polar surface area (TPSA) is 149 Å². The SMILES string of the molecule is CC1=C(C)C(CCCCC2(C(=O)O)CC2)=C(CCCCC2(C(=O)O)CC2)C(C)(CC2CC2(CCCCCc2c(C)cccc2CCCCCCC2(C(=O)O)CC2)C(=O)O)C1. The Labute approximate surface area is 360 Å². The third-order valence-electron chi connectivity index (χ3n) is 16.7. The maximum Gasteiger partial charge on any atom is 0.309 e. The molecule has 1 aromatic rings. The van der Waals surface area contributed by atoms with Crippen molar-refractivity contribution in [2.75, 3.05) is 0 Å². The first kappa shape index (κ1) is 46.1. The van der Waals surface area contributed by atoms with Crippen molar-refractivity contribution in [2.24, 2.45) is 33.0 Å². The number of hydrogen-bond donors (Lipinski definition) is 4. The number of carboxylic acid groups (broad SMARTS) is 4. The largest absolute Gasteiger partial charge is 0.481 e. The molecule has 0 bridgehead atoms. The van der Waals surface area contributed by atoms with Crippen LogP contribution in [0.1, 0.15) is 204 Å². The molecule has 5 aliphatic rings. The molecular formula is C52H76O8. The molecule has 3 unspecified atom stereocenters. The minimum atomic E-state index is -0.662. The molecule has 5 aliphatic carbocycles. The van der Waals surface area contributed by atoms with Crippen molar-refractivity contribution < 1.29 is 39.6 Å². The Bertz CT molecular complexity index is 1820. The van der Waals surface area contributed by atoms with Crippen LogP contribution in [-0.4, -0.2) is 44.3 Å². The molecule has 0 saturated heterocycles. The van der Waals surface area contributed by atoms with E-state index in [0.29, 0.717) is 0 Å². The number of hydrogen-bond acceptors (Lipinski definition) is 4. The highest BCUT2D eigenvalue weighted by atomic mass is 16.4. The monoisotopic (exact) mass is 829 g/mol. The van der Waals surface area contributed by atoms with Crippen molar-refractivity contribution in [1.82, 2.24) is 0 Å². The second kappa shape index (κ2) is 18.9. The molecule has 4 fully saturated rings. The van der Waals surface area contributed by atoms with Crippen molar-refractivity contribution >= 4 is 23.9 Å².